The van der Waals surface area contributed by atoms with Crippen LogP contribution in [0.1, 0.15) is 43.4 Å². The van der Waals surface area contributed by atoms with Crippen molar-refractivity contribution in [3.63, 3.8) is 0 Å². The third-order valence-corrected chi connectivity index (χ3v) is 5.47. The highest BCUT2D eigenvalue weighted by atomic mass is 16.5. The van der Waals surface area contributed by atoms with Crippen LogP contribution in [0.15, 0.2) is 29.3 Å². The van der Waals surface area contributed by atoms with Crippen molar-refractivity contribution in [3.8, 4) is 5.75 Å². The van der Waals surface area contributed by atoms with E-state index in [1.807, 2.05) is 16.8 Å². The van der Waals surface area contributed by atoms with Gasteiger partial charge in [-0.3, -0.25) is 4.79 Å². The van der Waals surface area contributed by atoms with Crippen LogP contribution in [-0.2, 0) is 24.2 Å². The van der Waals surface area contributed by atoms with Gasteiger partial charge in [-0.25, -0.2) is 14.7 Å². The van der Waals surface area contributed by atoms with E-state index in [0.29, 0.717) is 18.4 Å². The number of amides is 1. The van der Waals surface area contributed by atoms with Crippen LogP contribution in [0.25, 0.3) is 0 Å². The zero-order valence-corrected chi connectivity index (χ0v) is 19.8. The lowest BCUT2D eigenvalue weighted by Gasteiger charge is -2.25. The van der Waals surface area contributed by atoms with Gasteiger partial charge in [0.05, 0.1) is 13.7 Å². The van der Waals surface area contributed by atoms with Crippen molar-refractivity contribution < 1.29 is 9.53 Å². The normalized spacial score (nSPS) is 15.9. The lowest BCUT2D eigenvalue weighted by atomic mass is 10.1. The van der Waals surface area contributed by atoms with Gasteiger partial charge in [0, 0.05) is 39.0 Å². The minimum Gasteiger partial charge on any atom is -0.497 e. The van der Waals surface area contributed by atoms with Crippen LogP contribution in [0.5, 0.6) is 5.75 Å². The number of carbonyl (C=O) groups is 1. The summed E-state index contributed by atoms with van der Waals surface area (Å²) in [5.41, 5.74) is 1.20. The summed E-state index contributed by atoms with van der Waals surface area (Å²) in [7, 11) is 5.14. The molecule has 0 aliphatic carbocycles. The van der Waals surface area contributed by atoms with Gasteiger partial charge >= 0.3 is 0 Å². The molecule has 2 N–H and O–H groups in total. The van der Waals surface area contributed by atoms with Crippen LogP contribution in [0.4, 0.5) is 0 Å². The highest BCUT2D eigenvalue weighted by molar-refractivity contribution is 5.84. The van der Waals surface area contributed by atoms with Gasteiger partial charge in [-0.15, -0.1) is 0 Å². The maximum Gasteiger partial charge on any atom is 0.243 e. The largest absolute Gasteiger partial charge is 0.497 e. The fraction of sp³-hybridized carbons (Fsp3) is 0.565. The summed E-state index contributed by atoms with van der Waals surface area (Å²) in [4.78, 5) is 22.8. The molecule has 1 atom stereocenters. The molecular weight excluding hydrogens is 406 g/mol. The average molecular weight is 442 g/mol. The third-order valence-electron chi connectivity index (χ3n) is 5.47. The number of guanidine groups is 1. The molecule has 9 heteroatoms. The maximum atomic E-state index is 12.1. The van der Waals surface area contributed by atoms with Crippen molar-refractivity contribution in [2.45, 2.75) is 51.6 Å². The molecular formula is C23H35N7O2. The zero-order valence-electron chi connectivity index (χ0n) is 19.8. The summed E-state index contributed by atoms with van der Waals surface area (Å²) in [6, 6.07) is 8.20. The number of rotatable bonds is 8. The Bertz CT molecular complexity index is 919. The van der Waals surface area contributed by atoms with E-state index in [1.54, 1.807) is 26.1 Å². The van der Waals surface area contributed by atoms with Crippen molar-refractivity contribution >= 4 is 11.9 Å². The van der Waals surface area contributed by atoms with E-state index in [1.165, 1.54) is 5.56 Å². The smallest absolute Gasteiger partial charge is 0.243 e. The Morgan fingerprint density at radius 2 is 2.06 bits per heavy atom. The van der Waals surface area contributed by atoms with Crippen molar-refractivity contribution in [3.05, 3.63) is 41.5 Å². The summed E-state index contributed by atoms with van der Waals surface area (Å²) in [6.45, 7) is 5.75. The Morgan fingerprint density at radius 3 is 2.72 bits per heavy atom. The molecule has 32 heavy (non-hydrogen) atoms. The molecule has 0 bridgehead atoms. The second-order valence-corrected chi connectivity index (χ2v) is 8.58. The first kappa shape index (κ1) is 23.6. The Balaban J connectivity index is 1.61. The van der Waals surface area contributed by atoms with E-state index < -0.39 is 0 Å². The Hall–Kier alpha value is -3.10. The first-order valence-corrected chi connectivity index (χ1v) is 11.2. The zero-order chi connectivity index (χ0) is 23.1. The van der Waals surface area contributed by atoms with Gasteiger partial charge in [-0.2, -0.15) is 5.10 Å². The Labute approximate surface area is 190 Å². The minimum absolute atomic E-state index is 0.0370. The van der Waals surface area contributed by atoms with Gasteiger partial charge in [0.15, 0.2) is 11.8 Å². The van der Waals surface area contributed by atoms with Crippen LogP contribution in [0, 0.1) is 0 Å². The summed E-state index contributed by atoms with van der Waals surface area (Å²) >= 11 is 0. The summed E-state index contributed by atoms with van der Waals surface area (Å²) < 4.78 is 7.21. The fourth-order valence-electron chi connectivity index (χ4n) is 3.44. The second-order valence-electron chi connectivity index (χ2n) is 8.58. The first-order valence-electron chi connectivity index (χ1n) is 11.2. The lowest BCUT2D eigenvalue weighted by Crippen LogP contribution is -2.48. The third kappa shape index (κ3) is 6.45. The molecule has 0 fully saturated rings. The van der Waals surface area contributed by atoms with E-state index in [0.717, 1.165) is 43.2 Å². The highest BCUT2D eigenvalue weighted by Gasteiger charge is 2.23. The molecule has 0 radical (unpaired) electrons. The molecule has 1 aliphatic rings. The molecule has 1 aromatic heterocycles. The van der Waals surface area contributed by atoms with Gasteiger partial charge in [0.1, 0.15) is 18.1 Å². The molecule has 0 saturated heterocycles. The number of ether oxygens (including phenoxy) is 1. The predicted molar refractivity (Wildman–Crippen MR) is 125 cm³/mol. The molecule has 174 valence electrons. The quantitative estimate of drug-likeness (QED) is 0.477. The minimum atomic E-state index is -0.0370. The average Bonchev–Trinajstić information content (AvgIpc) is 3.21. The number of aromatic nitrogens is 3. The van der Waals surface area contributed by atoms with Gasteiger partial charge in [-0.1, -0.05) is 26.0 Å². The number of benzene rings is 1. The molecule has 1 unspecified atom stereocenters. The van der Waals surface area contributed by atoms with E-state index in [4.69, 9.17) is 4.74 Å². The predicted octanol–water partition coefficient (Wildman–Crippen LogP) is 1.59. The number of aryl methyl sites for hydroxylation is 1. The molecule has 0 spiro atoms. The van der Waals surface area contributed by atoms with Crippen LogP contribution in [-0.4, -0.2) is 71.9 Å². The number of methoxy groups -OCH3 is 1. The van der Waals surface area contributed by atoms with E-state index in [9.17, 15) is 4.79 Å². The molecule has 1 aromatic carbocycles. The van der Waals surface area contributed by atoms with Crippen LogP contribution in [0.2, 0.25) is 0 Å². The van der Waals surface area contributed by atoms with E-state index in [-0.39, 0.29) is 18.5 Å². The van der Waals surface area contributed by atoms with Crippen LogP contribution >= 0.6 is 0 Å². The first-order chi connectivity index (χ1) is 15.4. The molecule has 0 saturated carbocycles. The molecule has 1 aliphatic heterocycles. The fourth-order valence-corrected chi connectivity index (χ4v) is 3.44. The Morgan fingerprint density at radius 1 is 1.31 bits per heavy atom. The molecule has 1 amide bonds. The van der Waals surface area contributed by atoms with Crippen LogP contribution < -0.4 is 15.4 Å². The van der Waals surface area contributed by atoms with Crippen LogP contribution in [0.3, 0.4) is 0 Å². The maximum absolute atomic E-state index is 12.1. The summed E-state index contributed by atoms with van der Waals surface area (Å²) in [6.07, 6.45) is 2.64. The van der Waals surface area contributed by atoms with Gasteiger partial charge in [0.2, 0.25) is 5.91 Å². The topological polar surface area (TPSA) is 96.7 Å². The van der Waals surface area contributed by atoms with E-state index >= 15 is 0 Å². The monoisotopic (exact) mass is 441 g/mol. The summed E-state index contributed by atoms with van der Waals surface area (Å²) in [5, 5.41) is 11.5. The molecule has 9 nitrogen and oxygen atoms in total. The number of hydrogen-bond acceptors (Lipinski definition) is 5. The number of likely N-dealkylation sites (N-methyl/N-ethyl adjacent to an activating group) is 1. The van der Waals surface area contributed by atoms with Crippen molar-refractivity contribution in [1.82, 2.24) is 30.3 Å². The summed E-state index contributed by atoms with van der Waals surface area (Å²) in [5.74, 6) is 3.70. The molecule has 3 rings (SSSR count). The van der Waals surface area contributed by atoms with Gasteiger partial charge < -0.3 is 20.3 Å². The van der Waals surface area contributed by atoms with Crippen molar-refractivity contribution in [2.24, 2.45) is 4.99 Å². The van der Waals surface area contributed by atoms with Crippen molar-refractivity contribution in [1.29, 1.82) is 0 Å². The number of nitrogens with one attached hydrogen (secondary N) is 2. The lowest BCUT2D eigenvalue weighted by molar-refractivity contribution is -0.127. The number of hydrogen-bond donors (Lipinski definition) is 2. The second kappa shape index (κ2) is 11.0. The molecule has 2 heterocycles. The number of aliphatic imine (C=N–C) groups is 1. The van der Waals surface area contributed by atoms with Gasteiger partial charge in [0.25, 0.3) is 0 Å². The number of carbonyl (C=O) groups excluding carboxylic acids is 1. The number of fused-ring (bicyclic) bond motifs is 1. The SMILES string of the molecule is COc1ccc(CCNC(=NCC(=O)N(C)C)NC2CCc3nc(C(C)C)nn3C2)cc1. The van der Waals surface area contributed by atoms with Gasteiger partial charge in [-0.05, 0) is 30.5 Å². The van der Waals surface area contributed by atoms with E-state index in [2.05, 4.69) is 51.7 Å². The standard InChI is InChI=1S/C23H35N7O2/c1-16(2)22-27-20-11-8-18(15-30(20)28-22)26-23(25-14-21(31)29(3)4)24-13-12-17-6-9-19(32-5)10-7-17/h6-7,9-10,16,18H,8,11-15H2,1-5H3,(H2,24,25,26). The van der Waals surface area contributed by atoms with Crippen molar-refractivity contribution in [2.75, 3.05) is 34.3 Å². The highest BCUT2D eigenvalue weighted by Crippen LogP contribution is 2.17. The number of nitrogens with zero attached hydrogens (tertiary/aromatic N) is 5. The Kier molecular flexibility index (Phi) is 8.08. The molecule has 2 aromatic rings.